The maximum atomic E-state index is 13.1. The molecular weight excluding hydrogens is 368 g/mol. The normalized spacial score (nSPS) is 20.0. The summed E-state index contributed by atoms with van der Waals surface area (Å²) in [6.45, 7) is 1.53. The average Bonchev–Trinajstić information content (AvgIpc) is 2.96. The third-order valence-corrected chi connectivity index (χ3v) is 5.18. The average molecular weight is 390 g/mol. The van der Waals surface area contributed by atoms with Crippen molar-refractivity contribution in [3.8, 4) is 5.75 Å². The van der Waals surface area contributed by atoms with Gasteiger partial charge in [-0.05, 0) is 41.5 Å². The fourth-order valence-electron chi connectivity index (χ4n) is 3.53. The second-order valence-electron chi connectivity index (χ2n) is 7.31. The number of nitrogens with zero attached hydrogens (tertiary/aromatic N) is 1. The highest BCUT2D eigenvalue weighted by Crippen LogP contribution is 2.31. The molecule has 6 heteroatoms. The van der Waals surface area contributed by atoms with Crippen LogP contribution in [0.5, 0.6) is 5.75 Å². The lowest BCUT2D eigenvalue weighted by Gasteiger charge is -2.23. The number of aliphatic hydroxyl groups excluding tert-OH is 1. The van der Waals surface area contributed by atoms with Crippen molar-refractivity contribution >= 4 is 22.7 Å². The zero-order chi connectivity index (χ0) is 20.4. The van der Waals surface area contributed by atoms with Gasteiger partial charge in [-0.2, -0.15) is 0 Å². The van der Waals surface area contributed by atoms with Crippen molar-refractivity contribution in [3.63, 3.8) is 0 Å². The molecule has 1 fully saturated rings. The Morgan fingerprint density at radius 3 is 2.45 bits per heavy atom. The SMILES string of the molecule is C[C@@]1(c2ccc3ccccc3c2)NC(=O)N(C[C@H](O)COc2ccccc2)C1=O. The molecule has 3 aromatic carbocycles. The molecule has 0 radical (unpaired) electrons. The highest BCUT2D eigenvalue weighted by atomic mass is 16.5. The minimum Gasteiger partial charge on any atom is -0.491 e. The smallest absolute Gasteiger partial charge is 0.325 e. The van der Waals surface area contributed by atoms with E-state index in [2.05, 4.69) is 5.32 Å². The van der Waals surface area contributed by atoms with Gasteiger partial charge in [-0.1, -0.05) is 54.6 Å². The molecule has 0 saturated carbocycles. The van der Waals surface area contributed by atoms with E-state index in [-0.39, 0.29) is 13.2 Å². The summed E-state index contributed by atoms with van der Waals surface area (Å²) in [5.41, 5.74) is -0.478. The van der Waals surface area contributed by atoms with Gasteiger partial charge < -0.3 is 15.2 Å². The van der Waals surface area contributed by atoms with Gasteiger partial charge in [0.25, 0.3) is 5.91 Å². The maximum absolute atomic E-state index is 13.1. The van der Waals surface area contributed by atoms with Crippen molar-refractivity contribution in [2.45, 2.75) is 18.6 Å². The number of hydrogen-bond acceptors (Lipinski definition) is 4. The van der Waals surface area contributed by atoms with Crippen molar-refractivity contribution in [2.24, 2.45) is 0 Å². The van der Waals surface area contributed by atoms with Gasteiger partial charge in [-0.15, -0.1) is 0 Å². The van der Waals surface area contributed by atoms with Gasteiger partial charge in [0, 0.05) is 0 Å². The number of urea groups is 1. The number of amides is 3. The van der Waals surface area contributed by atoms with Crippen LogP contribution >= 0.6 is 0 Å². The predicted molar refractivity (Wildman–Crippen MR) is 109 cm³/mol. The standard InChI is InChI=1S/C23H22N2O4/c1-23(18-12-11-16-7-5-6-8-17(16)13-18)21(27)25(22(28)24-23)14-19(26)15-29-20-9-3-2-4-10-20/h2-13,19,26H,14-15H2,1H3,(H,24,28)/t19-,23-/m0/s1. The Hall–Kier alpha value is -3.38. The van der Waals surface area contributed by atoms with Gasteiger partial charge in [0.2, 0.25) is 0 Å². The summed E-state index contributed by atoms with van der Waals surface area (Å²) in [6, 6.07) is 22.1. The summed E-state index contributed by atoms with van der Waals surface area (Å²) < 4.78 is 5.51. The number of aliphatic hydroxyl groups is 1. The summed E-state index contributed by atoms with van der Waals surface area (Å²) in [6.07, 6.45) is -0.996. The summed E-state index contributed by atoms with van der Waals surface area (Å²) in [4.78, 5) is 26.6. The van der Waals surface area contributed by atoms with Crippen LogP contribution < -0.4 is 10.1 Å². The number of carbonyl (C=O) groups excluding carboxylic acids is 2. The van der Waals surface area contributed by atoms with Crippen LogP contribution in [0, 0.1) is 0 Å². The molecule has 1 aliphatic heterocycles. The predicted octanol–water partition coefficient (Wildman–Crippen LogP) is 3.05. The number of β-amino-alcohol motifs (C(OH)–C–C–N with tert-alkyl or cyclic N) is 1. The Bertz CT molecular complexity index is 1050. The molecule has 3 amide bonds. The molecule has 1 aliphatic rings. The van der Waals surface area contributed by atoms with E-state index >= 15 is 0 Å². The second-order valence-corrected chi connectivity index (χ2v) is 7.31. The van der Waals surface area contributed by atoms with E-state index in [1.165, 1.54) is 0 Å². The first-order valence-electron chi connectivity index (χ1n) is 9.47. The molecule has 1 heterocycles. The Labute approximate surface area is 168 Å². The highest BCUT2D eigenvalue weighted by Gasteiger charge is 2.49. The van der Waals surface area contributed by atoms with Crippen molar-refractivity contribution < 1.29 is 19.4 Å². The van der Waals surface area contributed by atoms with E-state index in [9.17, 15) is 14.7 Å². The van der Waals surface area contributed by atoms with Gasteiger partial charge in [0.1, 0.15) is 24.0 Å². The van der Waals surface area contributed by atoms with Crippen LogP contribution in [0.3, 0.4) is 0 Å². The number of ether oxygens (including phenoxy) is 1. The van der Waals surface area contributed by atoms with Crippen molar-refractivity contribution in [2.75, 3.05) is 13.2 Å². The Morgan fingerprint density at radius 2 is 1.69 bits per heavy atom. The third kappa shape index (κ3) is 3.67. The minimum atomic E-state index is -1.18. The van der Waals surface area contributed by atoms with Gasteiger partial charge >= 0.3 is 6.03 Å². The molecule has 2 N–H and O–H groups in total. The van der Waals surface area contributed by atoms with Crippen LogP contribution in [-0.4, -0.2) is 41.2 Å². The van der Waals surface area contributed by atoms with Crippen LogP contribution in [0.1, 0.15) is 12.5 Å². The van der Waals surface area contributed by atoms with Gasteiger partial charge in [-0.3, -0.25) is 9.69 Å². The van der Waals surface area contributed by atoms with E-state index in [1.54, 1.807) is 19.1 Å². The summed E-state index contributed by atoms with van der Waals surface area (Å²) in [5, 5.41) is 15.1. The highest BCUT2D eigenvalue weighted by molar-refractivity contribution is 6.07. The number of fused-ring (bicyclic) bond motifs is 1. The molecule has 3 aromatic rings. The van der Waals surface area contributed by atoms with E-state index in [0.29, 0.717) is 11.3 Å². The Kier molecular flexibility index (Phi) is 4.94. The molecular formula is C23H22N2O4. The van der Waals surface area contributed by atoms with Crippen LogP contribution in [-0.2, 0) is 10.3 Å². The summed E-state index contributed by atoms with van der Waals surface area (Å²) in [5.74, 6) is 0.223. The zero-order valence-electron chi connectivity index (χ0n) is 16.0. The molecule has 0 aromatic heterocycles. The molecule has 2 atom stereocenters. The fourth-order valence-corrected chi connectivity index (χ4v) is 3.53. The summed E-state index contributed by atoms with van der Waals surface area (Å²) in [7, 11) is 0. The fraction of sp³-hybridized carbons (Fsp3) is 0.217. The molecule has 0 aliphatic carbocycles. The Morgan fingerprint density at radius 1 is 1.00 bits per heavy atom. The van der Waals surface area contributed by atoms with E-state index in [1.807, 2.05) is 60.7 Å². The molecule has 0 bridgehead atoms. The number of carbonyl (C=O) groups is 2. The van der Waals surface area contributed by atoms with Gasteiger partial charge in [0.15, 0.2) is 0 Å². The monoisotopic (exact) mass is 390 g/mol. The largest absolute Gasteiger partial charge is 0.491 e. The minimum absolute atomic E-state index is 0.0201. The lowest BCUT2D eigenvalue weighted by Crippen LogP contribution is -2.42. The lowest BCUT2D eigenvalue weighted by atomic mass is 9.90. The van der Waals surface area contributed by atoms with E-state index < -0.39 is 23.6 Å². The number of rotatable bonds is 6. The van der Waals surface area contributed by atoms with Gasteiger partial charge in [-0.25, -0.2) is 4.79 Å². The van der Waals surface area contributed by atoms with Crippen LogP contribution in [0.2, 0.25) is 0 Å². The number of imide groups is 1. The molecule has 4 rings (SSSR count). The van der Waals surface area contributed by atoms with Crippen molar-refractivity contribution in [1.29, 1.82) is 0 Å². The maximum Gasteiger partial charge on any atom is 0.325 e. The number of para-hydroxylation sites is 1. The number of nitrogens with one attached hydrogen (secondary N) is 1. The number of benzene rings is 3. The van der Waals surface area contributed by atoms with Crippen LogP contribution in [0.15, 0.2) is 72.8 Å². The lowest BCUT2D eigenvalue weighted by molar-refractivity contribution is -0.132. The van der Waals surface area contributed by atoms with Crippen molar-refractivity contribution in [3.05, 3.63) is 78.4 Å². The first-order chi connectivity index (χ1) is 14.0. The molecule has 148 valence electrons. The molecule has 1 saturated heterocycles. The quantitative estimate of drug-likeness (QED) is 0.634. The second kappa shape index (κ2) is 7.56. The molecule has 0 unspecified atom stereocenters. The molecule has 6 nitrogen and oxygen atoms in total. The first kappa shape index (κ1) is 19.0. The van der Waals surface area contributed by atoms with E-state index in [0.717, 1.165) is 15.7 Å². The first-order valence-corrected chi connectivity index (χ1v) is 9.47. The molecule has 0 spiro atoms. The van der Waals surface area contributed by atoms with Crippen LogP contribution in [0.4, 0.5) is 4.79 Å². The summed E-state index contributed by atoms with van der Waals surface area (Å²) >= 11 is 0. The zero-order valence-corrected chi connectivity index (χ0v) is 16.0. The number of hydrogen-bond donors (Lipinski definition) is 2. The van der Waals surface area contributed by atoms with Crippen LogP contribution in [0.25, 0.3) is 10.8 Å². The third-order valence-electron chi connectivity index (χ3n) is 5.18. The topological polar surface area (TPSA) is 78.9 Å². The van der Waals surface area contributed by atoms with Gasteiger partial charge in [0.05, 0.1) is 6.54 Å². The molecule has 29 heavy (non-hydrogen) atoms. The van der Waals surface area contributed by atoms with E-state index in [4.69, 9.17) is 4.74 Å². The van der Waals surface area contributed by atoms with Crippen molar-refractivity contribution in [1.82, 2.24) is 10.2 Å². The Balaban J connectivity index is 1.48.